The van der Waals surface area contributed by atoms with Crippen molar-refractivity contribution in [2.45, 2.75) is 27.2 Å². The smallest absolute Gasteiger partial charge is 0.206 e. The van der Waals surface area contributed by atoms with Crippen molar-refractivity contribution in [3.05, 3.63) is 35.5 Å². The zero-order valence-electron chi connectivity index (χ0n) is 12.5. The molecular formula is C16H18N4S. The van der Waals surface area contributed by atoms with E-state index in [4.69, 9.17) is 0 Å². The predicted molar refractivity (Wildman–Crippen MR) is 88.9 cm³/mol. The molecule has 3 rings (SSSR count). The Morgan fingerprint density at radius 3 is 2.86 bits per heavy atom. The first-order chi connectivity index (χ1) is 10.2. The summed E-state index contributed by atoms with van der Waals surface area (Å²) in [6, 6.07) is 8.35. The molecule has 0 aliphatic carbocycles. The van der Waals surface area contributed by atoms with Gasteiger partial charge >= 0.3 is 0 Å². The Kier molecular flexibility index (Phi) is 3.84. The highest BCUT2D eigenvalue weighted by Gasteiger charge is 2.12. The number of nitrogens with zero attached hydrogens (tertiary/aromatic N) is 3. The van der Waals surface area contributed by atoms with E-state index in [0.29, 0.717) is 0 Å². The summed E-state index contributed by atoms with van der Waals surface area (Å²) in [7, 11) is 0. The Morgan fingerprint density at radius 2 is 2.05 bits per heavy atom. The molecule has 0 atom stereocenters. The number of anilines is 1. The van der Waals surface area contributed by atoms with Crippen LogP contribution >= 0.6 is 11.3 Å². The number of hydrogen-bond donors (Lipinski definition) is 1. The highest BCUT2D eigenvalue weighted by Crippen LogP contribution is 2.33. The van der Waals surface area contributed by atoms with Crippen LogP contribution in [-0.2, 0) is 0 Å². The van der Waals surface area contributed by atoms with Crippen molar-refractivity contribution in [2.24, 2.45) is 0 Å². The average Bonchev–Trinajstić information content (AvgIpc) is 2.94. The van der Waals surface area contributed by atoms with Gasteiger partial charge in [0.25, 0.3) is 0 Å². The summed E-state index contributed by atoms with van der Waals surface area (Å²) in [4.78, 5) is 4.66. The fraction of sp³-hybridized carbons (Fsp3) is 0.312. The molecule has 0 unspecified atom stereocenters. The largest absolute Gasteiger partial charge is 0.360 e. The lowest BCUT2D eigenvalue weighted by atomic mass is 10.1. The zero-order valence-corrected chi connectivity index (χ0v) is 13.3. The Hall–Kier alpha value is -2.01. The van der Waals surface area contributed by atoms with Gasteiger partial charge < -0.3 is 5.32 Å². The second-order valence-electron chi connectivity index (χ2n) is 5.12. The molecule has 0 amide bonds. The van der Waals surface area contributed by atoms with E-state index in [-0.39, 0.29) is 0 Å². The summed E-state index contributed by atoms with van der Waals surface area (Å²) in [5, 5.41) is 14.8. The lowest BCUT2D eigenvalue weighted by molar-refractivity contribution is 0.964. The van der Waals surface area contributed by atoms with Crippen LogP contribution in [0.1, 0.15) is 24.6 Å². The molecule has 0 bridgehead atoms. The van der Waals surface area contributed by atoms with Gasteiger partial charge in [0.15, 0.2) is 0 Å². The molecule has 1 aromatic carbocycles. The predicted octanol–water partition coefficient (Wildman–Crippen LogP) is 4.19. The fourth-order valence-corrected chi connectivity index (χ4v) is 3.13. The second kappa shape index (κ2) is 5.77. The molecule has 2 heterocycles. The van der Waals surface area contributed by atoms with Gasteiger partial charge in [0.2, 0.25) is 5.13 Å². The van der Waals surface area contributed by atoms with Crippen LogP contribution in [0.4, 0.5) is 5.13 Å². The highest BCUT2D eigenvalue weighted by molar-refractivity contribution is 7.18. The van der Waals surface area contributed by atoms with Crippen LogP contribution in [0.5, 0.6) is 0 Å². The minimum atomic E-state index is 0.877. The van der Waals surface area contributed by atoms with Gasteiger partial charge in [-0.3, -0.25) is 4.98 Å². The summed E-state index contributed by atoms with van der Waals surface area (Å²) in [6.45, 7) is 7.17. The number of nitrogens with one attached hydrogen (secondary N) is 1. The summed E-state index contributed by atoms with van der Waals surface area (Å²) in [5.41, 5.74) is 4.35. The molecule has 0 spiro atoms. The van der Waals surface area contributed by atoms with E-state index in [2.05, 4.69) is 58.6 Å². The van der Waals surface area contributed by atoms with Gasteiger partial charge in [-0.1, -0.05) is 36.5 Å². The number of rotatable bonds is 4. The highest BCUT2D eigenvalue weighted by atomic mass is 32.1. The van der Waals surface area contributed by atoms with Gasteiger partial charge in [-0.15, -0.1) is 10.2 Å². The van der Waals surface area contributed by atoms with Crippen LogP contribution < -0.4 is 5.32 Å². The maximum atomic E-state index is 4.66. The van der Waals surface area contributed by atoms with E-state index in [1.54, 1.807) is 11.3 Å². The third-order valence-corrected chi connectivity index (χ3v) is 4.27. The molecule has 21 heavy (non-hydrogen) atoms. The molecular weight excluding hydrogens is 280 g/mol. The van der Waals surface area contributed by atoms with Crippen molar-refractivity contribution >= 4 is 27.4 Å². The normalized spacial score (nSPS) is 11.0. The van der Waals surface area contributed by atoms with Gasteiger partial charge in [-0.05, 0) is 31.9 Å². The zero-order chi connectivity index (χ0) is 14.8. The van der Waals surface area contributed by atoms with Crippen LogP contribution in [0, 0.1) is 13.8 Å². The molecule has 5 heteroatoms. The van der Waals surface area contributed by atoms with Crippen LogP contribution in [0.25, 0.3) is 21.5 Å². The summed E-state index contributed by atoms with van der Waals surface area (Å²) in [5.74, 6) is 0. The standard InChI is InChI=1S/C16H18N4S/c1-4-8-17-16-20-19-15(21-16)13-9-11(3)18-14-10(2)6-5-7-12(13)14/h5-7,9H,4,8H2,1-3H3,(H,17,20). The molecule has 108 valence electrons. The quantitative estimate of drug-likeness (QED) is 0.784. The number of fused-ring (bicyclic) bond motifs is 1. The van der Waals surface area contributed by atoms with Crippen LogP contribution in [-0.4, -0.2) is 21.7 Å². The summed E-state index contributed by atoms with van der Waals surface area (Å²) < 4.78 is 0. The lowest BCUT2D eigenvalue weighted by Gasteiger charge is -2.07. The van der Waals surface area contributed by atoms with Gasteiger partial charge in [0.1, 0.15) is 5.01 Å². The lowest BCUT2D eigenvalue weighted by Crippen LogP contribution is -1.98. The molecule has 0 saturated heterocycles. The number of para-hydroxylation sites is 1. The maximum Gasteiger partial charge on any atom is 0.206 e. The summed E-state index contributed by atoms with van der Waals surface area (Å²) in [6.07, 6.45) is 1.07. The van der Waals surface area contributed by atoms with Gasteiger partial charge in [-0.25, -0.2) is 0 Å². The Labute approximate surface area is 128 Å². The maximum absolute atomic E-state index is 4.66. The van der Waals surface area contributed by atoms with Crippen molar-refractivity contribution in [1.82, 2.24) is 15.2 Å². The van der Waals surface area contributed by atoms with Crippen LogP contribution in [0.15, 0.2) is 24.3 Å². The molecule has 0 aliphatic heterocycles. The first-order valence-electron chi connectivity index (χ1n) is 7.13. The van der Waals surface area contributed by atoms with Crippen molar-refractivity contribution in [2.75, 3.05) is 11.9 Å². The van der Waals surface area contributed by atoms with E-state index in [9.17, 15) is 0 Å². The molecule has 1 N–H and O–H groups in total. The summed E-state index contributed by atoms with van der Waals surface area (Å²) >= 11 is 1.59. The number of aryl methyl sites for hydroxylation is 2. The molecule has 0 aliphatic rings. The van der Waals surface area contributed by atoms with Crippen molar-refractivity contribution in [1.29, 1.82) is 0 Å². The topological polar surface area (TPSA) is 50.7 Å². The number of pyridine rings is 1. The van der Waals surface area contributed by atoms with Crippen molar-refractivity contribution in [3.8, 4) is 10.6 Å². The monoisotopic (exact) mass is 298 g/mol. The molecule has 2 aromatic heterocycles. The fourth-order valence-electron chi connectivity index (χ4n) is 2.33. The first-order valence-corrected chi connectivity index (χ1v) is 7.95. The van der Waals surface area contributed by atoms with Gasteiger partial charge in [0, 0.05) is 23.2 Å². The van der Waals surface area contributed by atoms with Crippen molar-refractivity contribution in [3.63, 3.8) is 0 Å². The number of hydrogen-bond acceptors (Lipinski definition) is 5. The SMILES string of the molecule is CCCNc1nnc(-c2cc(C)nc3c(C)cccc23)s1. The molecule has 0 saturated carbocycles. The van der Waals surface area contributed by atoms with E-state index in [0.717, 1.165) is 45.3 Å². The molecule has 4 nitrogen and oxygen atoms in total. The molecule has 0 radical (unpaired) electrons. The first kappa shape index (κ1) is 13.9. The minimum absolute atomic E-state index is 0.877. The third kappa shape index (κ3) is 2.74. The Balaban J connectivity index is 2.11. The number of aromatic nitrogens is 3. The van der Waals surface area contributed by atoms with E-state index in [1.807, 2.05) is 6.92 Å². The van der Waals surface area contributed by atoms with Gasteiger partial charge in [-0.2, -0.15) is 0 Å². The van der Waals surface area contributed by atoms with E-state index >= 15 is 0 Å². The van der Waals surface area contributed by atoms with Crippen molar-refractivity contribution < 1.29 is 0 Å². The third-order valence-electron chi connectivity index (χ3n) is 3.35. The molecule has 0 fully saturated rings. The van der Waals surface area contributed by atoms with Gasteiger partial charge in [0.05, 0.1) is 5.52 Å². The second-order valence-corrected chi connectivity index (χ2v) is 6.10. The Bertz CT molecular complexity index is 779. The number of benzene rings is 1. The van der Waals surface area contributed by atoms with Crippen LogP contribution in [0.3, 0.4) is 0 Å². The minimum Gasteiger partial charge on any atom is -0.360 e. The Morgan fingerprint density at radius 1 is 1.19 bits per heavy atom. The van der Waals surface area contributed by atoms with E-state index in [1.165, 1.54) is 5.56 Å². The van der Waals surface area contributed by atoms with E-state index < -0.39 is 0 Å². The molecule has 3 aromatic rings. The average molecular weight is 298 g/mol. The van der Waals surface area contributed by atoms with Crippen LogP contribution in [0.2, 0.25) is 0 Å².